The molecule has 1 fully saturated rings. The molecule has 1 aromatic rings. The number of nitrogens with zero attached hydrogens (tertiary/aromatic N) is 3. The molecular weight excluding hydrogens is 218 g/mol. The predicted molar refractivity (Wildman–Crippen MR) is 66.8 cm³/mol. The summed E-state index contributed by atoms with van der Waals surface area (Å²) in [4.78, 5) is 10.5. The highest BCUT2D eigenvalue weighted by molar-refractivity contribution is 5.56. The fraction of sp³-hybridized carbons (Fsp3) is 0.636. The zero-order valence-electron chi connectivity index (χ0n) is 10.3. The number of hydrogen-bond donors (Lipinski definition) is 2. The number of nitrogen functional groups attached to an aromatic ring is 1. The zero-order valence-corrected chi connectivity index (χ0v) is 10.3. The molecule has 1 aromatic heterocycles. The van der Waals surface area contributed by atoms with Crippen LogP contribution in [0.5, 0.6) is 0 Å². The molecule has 1 saturated heterocycles. The molecule has 0 aliphatic carbocycles. The number of nitrogens with two attached hydrogens (primary N) is 1. The second-order valence-corrected chi connectivity index (χ2v) is 4.33. The molecule has 2 rings (SSSR count). The van der Waals surface area contributed by atoms with Gasteiger partial charge in [0.1, 0.15) is 18.0 Å². The molecule has 0 saturated carbocycles. The number of hydrogen-bond acceptors (Lipinski definition) is 6. The van der Waals surface area contributed by atoms with Gasteiger partial charge in [0.2, 0.25) is 0 Å². The molecule has 0 aromatic carbocycles. The van der Waals surface area contributed by atoms with Crippen molar-refractivity contribution >= 4 is 11.6 Å². The van der Waals surface area contributed by atoms with E-state index in [0.29, 0.717) is 11.9 Å². The van der Waals surface area contributed by atoms with Crippen LogP contribution in [0.4, 0.5) is 11.6 Å². The molecule has 94 valence electrons. The van der Waals surface area contributed by atoms with Gasteiger partial charge in [0.25, 0.3) is 0 Å². The lowest BCUT2D eigenvalue weighted by Crippen LogP contribution is -2.30. The maximum absolute atomic E-state index is 5.62. The van der Waals surface area contributed by atoms with E-state index in [1.807, 2.05) is 14.0 Å². The number of ether oxygens (including phenoxy) is 1. The maximum Gasteiger partial charge on any atom is 0.148 e. The molecule has 2 heterocycles. The minimum absolute atomic E-state index is 0.309. The first kappa shape index (κ1) is 12.1. The van der Waals surface area contributed by atoms with Crippen molar-refractivity contribution in [3.8, 4) is 0 Å². The summed E-state index contributed by atoms with van der Waals surface area (Å²) in [5, 5.41) is 0. The molecule has 0 amide bonds. The summed E-state index contributed by atoms with van der Waals surface area (Å²) in [7, 11) is 2.01. The Balaban J connectivity index is 2.09. The number of anilines is 2. The van der Waals surface area contributed by atoms with Gasteiger partial charge in [-0.1, -0.05) is 0 Å². The lowest BCUT2D eigenvalue weighted by atomic mass is 10.2. The molecule has 1 atom stereocenters. The minimum Gasteiger partial charge on any atom is -0.376 e. The Morgan fingerprint density at radius 1 is 1.59 bits per heavy atom. The molecule has 0 spiro atoms. The van der Waals surface area contributed by atoms with Gasteiger partial charge in [0.15, 0.2) is 0 Å². The van der Waals surface area contributed by atoms with Crippen LogP contribution >= 0.6 is 0 Å². The van der Waals surface area contributed by atoms with Crippen molar-refractivity contribution in [1.29, 1.82) is 0 Å². The first-order chi connectivity index (χ1) is 8.22. The smallest absolute Gasteiger partial charge is 0.148 e. The summed E-state index contributed by atoms with van der Waals surface area (Å²) in [5.41, 5.74) is 3.53. The fourth-order valence-electron chi connectivity index (χ4n) is 2.15. The highest BCUT2D eigenvalue weighted by atomic mass is 16.5. The monoisotopic (exact) mass is 237 g/mol. The van der Waals surface area contributed by atoms with Crippen molar-refractivity contribution in [2.75, 3.05) is 30.5 Å². The Morgan fingerprint density at radius 2 is 2.41 bits per heavy atom. The van der Waals surface area contributed by atoms with Crippen LogP contribution in [-0.2, 0) is 4.74 Å². The number of aromatic nitrogens is 2. The molecule has 1 aliphatic rings. The normalized spacial score (nSPS) is 19.4. The first-order valence-corrected chi connectivity index (χ1v) is 5.83. The van der Waals surface area contributed by atoms with Crippen LogP contribution in [0.2, 0.25) is 0 Å². The van der Waals surface area contributed by atoms with E-state index in [4.69, 9.17) is 10.6 Å². The van der Waals surface area contributed by atoms with Gasteiger partial charge in [-0.05, 0) is 19.8 Å². The highest BCUT2D eigenvalue weighted by Gasteiger charge is 2.19. The van der Waals surface area contributed by atoms with Crippen molar-refractivity contribution in [3.63, 3.8) is 0 Å². The topological polar surface area (TPSA) is 76.3 Å². The molecule has 1 unspecified atom stereocenters. The molecule has 0 radical (unpaired) electrons. The van der Waals surface area contributed by atoms with Crippen molar-refractivity contribution in [2.24, 2.45) is 5.84 Å². The third kappa shape index (κ3) is 2.65. The first-order valence-electron chi connectivity index (χ1n) is 5.83. The standard InChI is InChI=1S/C11H19N5O/c1-8-10(15-12)13-7-14-11(8)16(2)6-9-4-3-5-17-9/h7,9H,3-6,12H2,1-2H3,(H,13,14,15). The van der Waals surface area contributed by atoms with Gasteiger partial charge in [-0.3, -0.25) is 0 Å². The lowest BCUT2D eigenvalue weighted by molar-refractivity contribution is 0.116. The van der Waals surface area contributed by atoms with E-state index in [9.17, 15) is 0 Å². The summed E-state index contributed by atoms with van der Waals surface area (Å²) in [5.74, 6) is 6.95. The summed E-state index contributed by atoms with van der Waals surface area (Å²) in [6.45, 7) is 3.68. The lowest BCUT2D eigenvalue weighted by Gasteiger charge is -2.23. The van der Waals surface area contributed by atoms with E-state index < -0.39 is 0 Å². The van der Waals surface area contributed by atoms with Gasteiger partial charge in [0, 0.05) is 25.8 Å². The van der Waals surface area contributed by atoms with Crippen molar-refractivity contribution in [3.05, 3.63) is 11.9 Å². The Morgan fingerprint density at radius 3 is 3.06 bits per heavy atom. The largest absolute Gasteiger partial charge is 0.376 e. The van der Waals surface area contributed by atoms with Crippen LogP contribution in [0.1, 0.15) is 18.4 Å². The van der Waals surface area contributed by atoms with Crippen LogP contribution < -0.4 is 16.2 Å². The van der Waals surface area contributed by atoms with Crippen molar-refractivity contribution in [1.82, 2.24) is 9.97 Å². The molecular formula is C11H19N5O. The second-order valence-electron chi connectivity index (χ2n) is 4.33. The second kappa shape index (κ2) is 5.29. The Hall–Kier alpha value is -1.40. The predicted octanol–water partition coefficient (Wildman–Crippen LogP) is 0.686. The SMILES string of the molecule is Cc1c(NN)ncnc1N(C)CC1CCCO1. The molecule has 6 nitrogen and oxygen atoms in total. The zero-order chi connectivity index (χ0) is 12.3. The number of hydrazine groups is 1. The third-order valence-corrected chi connectivity index (χ3v) is 3.06. The molecule has 17 heavy (non-hydrogen) atoms. The van der Waals surface area contributed by atoms with E-state index >= 15 is 0 Å². The third-order valence-electron chi connectivity index (χ3n) is 3.06. The van der Waals surface area contributed by atoms with Gasteiger partial charge in [-0.2, -0.15) is 0 Å². The van der Waals surface area contributed by atoms with E-state index in [2.05, 4.69) is 20.3 Å². The minimum atomic E-state index is 0.309. The van der Waals surface area contributed by atoms with Gasteiger partial charge in [-0.25, -0.2) is 15.8 Å². The van der Waals surface area contributed by atoms with E-state index in [1.54, 1.807) is 0 Å². The Kier molecular flexibility index (Phi) is 3.75. The Bertz CT molecular complexity index is 378. The van der Waals surface area contributed by atoms with Gasteiger partial charge >= 0.3 is 0 Å². The molecule has 1 aliphatic heterocycles. The van der Waals surface area contributed by atoms with Crippen LogP contribution in [0.25, 0.3) is 0 Å². The number of likely N-dealkylation sites (N-methyl/N-ethyl adjacent to an activating group) is 1. The average Bonchev–Trinajstić information content (AvgIpc) is 2.82. The highest BCUT2D eigenvalue weighted by Crippen LogP contribution is 2.22. The van der Waals surface area contributed by atoms with Crippen LogP contribution in [0.15, 0.2) is 6.33 Å². The average molecular weight is 237 g/mol. The number of rotatable bonds is 4. The number of nitrogens with one attached hydrogen (secondary N) is 1. The summed E-state index contributed by atoms with van der Waals surface area (Å²) in [6.07, 6.45) is 4.10. The molecule has 0 bridgehead atoms. The van der Waals surface area contributed by atoms with Gasteiger partial charge in [0.05, 0.1) is 6.10 Å². The molecule has 6 heteroatoms. The van der Waals surface area contributed by atoms with Gasteiger partial charge < -0.3 is 15.1 Å². The van der Waals surface area contributed by atoms with E-state index in [-0.39, 0.29) is 0 Å². The molecule has 3 N–H and O–H groups in total. The summed E-state index contributed by atoms with van der Waals surface area (Å²) >= 11 is 0. The van der Waals surface area contributed by atoms with Crippen LogP contribution in [0.3, 0.4) is 0 Å². The van der Waals surface area contributed by atoms with E-state index in [0.717, 1.165) is 37.4 Å². The Labute approximate surface area is 101 Å². The van der Waals surface area contributed by atoms with Crippen molar-refractivity contribution < 1.29 is 4.74 Å². The van der Waals surface area contributed by atoms with Crippen LogP contribution in [-0.4, -0.2) is 36.3 Å². The fourth-order valence-corrected chi connectivity index (χ4v) is 2.15. The van der Waals surface area contributed by atoms with E-state index in [1.165, 1.54) is 6.33 Å². The van der Waals surface area contributed by atoms with Crippen LogP contribution in [0, 0.1) is 6.92 Å². The summed E-state index contributed by atoms with van der Waals surface area (Å²) < 4.78 is 5.62. The van der Waals surface area contributed by atoms with Gasteiger partial charge in [-0.15, -0.1) is 0 Å². The van der Waals surface area contributed by atoms with Crippen molar-refractivity contribution in [2.45, 2.75) is 25.9 Å². The quantitative estimate of drug-likeness (QED) is 0.592. The summed E-state index contributed by atoms with van der Waals surface area (Å²) in [6, 6.07) is 0. The maximum atomic E-state index is 5.62.